The van der Waals surface area contributed by atoms with Crippen LogP contribution in [-0.4, -0.2) is 30.7 Å². The highest BCUT2D eigenvalue weighted by Crippen LogP contribution is 2.15. The molecule has 0 radical (unpaired) electrons. The molecular formula is C12H11N5O2. The minimum Gasteiger partial charge on any atom is -0.476 e. The van der Waals surface area contributed by atoms with Crippen LogP contribution in [0.25, 0.3) is 5.65 Å². The van der Waals surface area contributed by atoms with Gasteiger partial charge in [0.05, 0.1) is 5.69 Å². The van der Waals surface area contributed by atoms with Crippen molar-refractivity contribution in [1.29, 1.82) is 0 Å². The quantitative estimate of drug-likeness (QED) is 0.665. The van der Waals surface area contributed by atoms with Crippen molar-refractivity contribution in [1.82, 2.24) is 19.6 Å². The zero-order valence-corrected chi connectivity index (χ0v) is 10.1. The molecule has 0 atom stereocenters. The van der Waals surface area contributed by atoms with Crippen LogP contribution in [0.3, 0.4) is 0 Å². The molecule has 0 aliphatic carbocycles. The number of hydrogen-bond acceptors (Lipinski definition) is 4. The average molecular weight is 257 g/mol. The lowest BCUT2D eigenvalue weighted by atomic mass is 10.3. The third kappa shape index (κ3) is 1.90. The maximum atomic E-state index is 11.2. The molecule has 3 rings (SSSR count). The van der Waals surface area contributed by atoms with Gasteiger partial charge in [-0.1, -0.05) is 0 Å². The Labute approximate surface area is 107 Å². The van der Waals surface area contributed by atoms with Gasteiger partial charge in [0.1, 0.15) is 5.82 Å². The van der Waals surface area contributed by atoms with Crippen LogP contribution < -0.4 is 5.32 Å². The first-order valence-electron chi connectivity index (χ1n) is 5.65. The lowest BCUT2D eigenvalue weighted by Crippen LogP contribution is -2.07. The van der Waals surface area contributed by atoms with Crippen LogP contribution in [0.1, 0.15) is 16.2 Å². The summed E-state index contributed by atoms with van der Waals surface area (Å²) in [6, 6.07) is 7.17. The van der Waals surface area contributed by atoms with Crippen LogP contribution in [-0.2, 0) is 0 Å². The summed E-state index contributed by atoms with van der Waals surface area (Å²) in [6.07, 6.45) is 1.78. The van der Waals surface area contributed by atoms with Gasteiger partial charge >= 0.3 is 5.97 Å². The molecule has 0 fully saturated rings. The van der Waals surface area contributed by atoms with Gasteiger partial charge in [-0.3, -0.25) is 0 Å². The summed E-state index contributed by atoms with van der Waals surface area (Å²) >= 11 is 0. The first-order chi connectivity index (χ1) is 9.15. The highest BCUT2D eigenvalue weighted by Gasteiger charge is 2.16. The molecule has 0 aliphatic rings. The number of imidazole rings is 1. The predicted molar refractivity (Wildman–Crippen MR) is 68.8 cm³/mol. The number of aryl methyl sites for hydroxylation is 1. The van der Waals surface area contributed by atoms with Gasteiger partial charge < -0.3 is 15.4 Å². The molecule has 0 aliphatic heterocycles. The Hall–Kier alpha value is -2.83. The number of rotatable bonds is 3. The van der Waals surface area contributed by atoms with E-state index >= 15 is 0 Å². The minimum absolute atomic E-state index is 0.0742. The van der Waals surface area contributed by atoms with Gasteiger partial charge in [-0.15, -0.1) is 5.10 Å². The molecule has 19 heavy (non-hydrogen) atoms. The third-order valence-corrected chi connectivity index (χ3v) is 2.72. The number of carboxylic acid groups (broad SMARTS) is 1. The number of fused-ring (bicyclic) bond motifs is 1. The van der Waals surface area contributed by atoms with Crippen molar-refractivity contribution < 1.29 is 9.90 Å². The van der Waals surface area contributed by atoms with Gasteiger partial charge in [0.25, 0.3) is 0 Å². The van der Waals surface area contributed by atoms with Crippen LogP contribution in [0.2, 0.25) is 0 Å². The molecule has 0 saturated carbocycles. The highest BCUT2D eigenvalue weighted by molar-refractivity contribution is 5.88. The number of nitrogens with one attached hydrogen (secondary N) is 2. The fourth-order valence-corrected chi connectivity index (χ4v) is 1.90. The van der Waals surface area contributed by atoms with Crippen molar-refractivity contribution >= 4 is 23.3 Å². The number of anilines is 2. The fourth-order valence-electron chi connectivity index (χ4n) is 1.90. The number of H-pyrrole nitrogens is 1. The van der Waals surface area contributed by atoms with E-state index < -0.39 is 5.97 Å². The number of aromatic carboxylic acids is 1. The van der Waals surface area contributed by atoms with Crippen molar-refractivity contribution in [3.05, 3.63) is 41.9 Å². The number of aromatic amines is 1. The van der Waals surface area contributed by atoms with Gasteiger partial charge in [0.2, 0.25) is 0 Å². The standard InChI is InChI=1S/C12H11N5O2/c1-7-11(12(18)19)17-10(14-7)5-4-9(16-17)15-8-3-2-6-13-8/h2-6,13H,1H3,(H,15,16)(H,18,19). The first kappa shape index (κ1) is 11.3. The third-order valence-electron chi connectivity index (χ3n) is 2.72. The monoisotopic (exact) mass is 257 g/mol. The predicted octanol–water partition coefficient (Wildman–Crippen LogP) is 1.81. The lowest BCUT2D eigenvalue weighted by Gasteiger charge is -2.04. The van der Waals surface area contributed by atoms with E-state index in [4.69, 9.17) is 0 Å². The van der Waals surface area contributed by atoms with Crippen LogP contribution in [0, 0.1) is 6.92 Å². The van der Waals surface area contributed by atoms with Crippen LogP contribution in [0.4, 0.5) is 11.6 Å². The lowest BCUT2D eigenvalue weighted by molar-refractivity contribution is 0.0687. The van der Waals surface area contributed by atoms with E-state index in [1.807, 2.05) is 12.1 Å². The molecule has 7 heteroatoms. The zero-order valence-electron chi connectivity index (χ0n) is 10.1. The molecule has 0 amide bonds. The maximum Gasteiger partial charge on any atom is 0.356 e. The smallest absolute Gasteiger partial charge is 0.356 e. The first-order valence-corrected chi connectivity index (χ1v) is 5.65. The Balaban J connectivity index is 2.09. The van der Waals surface area contributed by atoms with Gasteiger partial charge in [0.15, 0.2) is 17.2 Å². The number of aromatic nitrogens is 4. The zero-order chi connectivity index (χ0) is 13.4. The van der Waals surface area contributed by atoms with Crippen molar-refractivity contribution in [2.24, 2.45) is 0 Å². The largest absolute Gasteiger partial charge is 0.476 e. The van der Waals surface area contributed by atoms with E-state index in [2.05, 4.69) is 20.4 Å². The molecule has 0 unspecified atom stereocenters. The molecule has 0 aromatic carbocycles. The summed E-state index contributed by atoms with van der Waals surface area (Å²) in [7, 11) is 0. The van der Waals surface area contributed by atoms with Crippen molar-refractivity contribution in [3.8, 4) is 0 Å². The summed E-state index contributed by atoms with van der Waals surface area (Å²) < 4.78 is 1.32. The van der Waals surface area contributed by atoms with E-state index in [1.165, 1.54) is 4.52 Å². The van der Waals surface area contributed by atoms with Crippen LogP contribution in [0.15, 0.2) is 30.5 Å². The van der Waals surface area contributed by atoms with Gasteiger partial charge in [-0.05, 0) is 31.2 Å². The maximum absolute atomic E-state index is 11.2. The van der Waals surface area contributed by atoms with E-state index in [1.54, 1.807) is 25.3 Å². The number of nitrogens with zero attached hydrogens (tertiary/aromatic N) is 3. The Morgan fingerprint density at radius 2 is 2.26 bits per heavy atom. The molecular weight excluding hydrogens is 246 g/mol. The Morgan fingerprint density at radius 3 is 2.95 bits per heavy atom. The van der Waals surface area contributed by atoms with Crippen molar-refractivity contribution in [2.45, 2.75) is 6.92 Å². The molecule has 0 saturated heterocycles. The topological polar surface area (TPSA) is 95.3 Å². The average Bonchev–Trinajstić information content (AvgIpc) is 2.95. The Kier molecular flexibility index (Phi) is 2.45. The Morgan fingerprint density at radius 1 is 1.42 bits per heavy atom. The van der Waals surface area contributed by atoms with Gasteiger partial charge in [-0.25, -0.2) is 14.3 Å². The molecule has 0 spiro atoms. The summed E-state index contributed by atoms with van der Waals surface area (Å²) in [6.45, 7) is 1.65. The summed E-state index contributed by atoms with van der Waals surface area (Å²) in [5.41, 5.74) is 1.02. The molecule has 3 aromatic heterocycles. The molecule has 3 aromatic rings. The molecule has 3 heterocycles. The molecule has 7 nitrogen and oxygen atoms in total. The number of carbonyl (C=O) groups is 1. The summed E-state index contributed by atoms with van der Waals surface area (Å²) in [5.74, 6) is 0.268. The van der Waals surface area contributed by atoms with Gasteiger partial charge in [-0.2, -0.15) is 0 Å². The van der Waals surface area contributed by atoms with Crippen LogP contribution in [0.5, 0.6) is 0 Å². The summed E-state index contributed by atoms with van der Waals surface area (Å²) in [5, 5.41) is 16.5. The van der Waals surface area contributed by atoms with Crippen molar-refractivity contribution in [3.63, 3.8) is 0 Å². The van der Waals surface area contributed by atoms with Gasteiger partial charge in [0, 0.05) is 6.20 Å². The summed E-state index contributed by atoms with van der Waals surface area (Å²) in [4.78, 5) is 18.3. The van der Waals surface area contributed by atoms with Crippen LogP contribution >= 0.6 is 0 Å². The number of carboxylic acids is 1. The Bertz CT molecular complexity index is 745. The number of hydrogen-bond donors (Lipinski definition) is 3. The second kappa shape index (κ2) is 4.13. The minimum atomic E-state index is -1.05. The van der Waals surface area contributed by atoms with E-state index in [9.17, 15) is 9.90 Å². The normalized spacial score (nSPS) is 10.8. The second-order valence-corrected chi connectivity index (χ2v) is 4.05. The van der Waals surface area contributed by atoms with E-state index in [0.29, 0.717) is 17.2 Å². The molecule has 0 bridgehead atoms. The molecule has 96 valence electrons. The molecule has 3 N–H and O–H groups in total. The van der Waals surface area contributed by atoms with Crippen molar-refractivity contribution in [2.75, 3.05) is 5.32 Å². The second-order valence-electron chi connectivity index (χ2n) is 4.05. The highest BCUT2D eigenvalue weighted by atomic mass is 16.4. The van der Waals surface area contributed by atoms with E-state index in [0.717, 1.165) is 5.82 Å². The van der Waals surface area contributed by atoms with E-state index in [-0.39, 0.29) is 5.69 Å². The SMILES string of the molecule is Cc1nc2ccc(Nc3ccc[nH]3)nn2c1C(=O)O. The fraction of sp³-hybridized carbons (Fsp3) is 0.0833.